The quantitative estimate of drug-likeness (QED) is 0.417. The lowest BCUT2D eigenvalue weighted by Crippen LogP contribution is -2.38. The van der Waals surface area contributed by atoms with Crippen LogP contribution in [0, 0.1) is 5.41 Å². The average Bonchev–Trinajstić information content (AvgIpc) is 2.55. The van der Waals surface area contributed by atoms with E-state index in [4.69, 9.17) is 4.74 Å². The summed E-state index contributed by atoms with van der Waals surface area (Å²) in [5.74, 6) is -0.625. The highest BCUT2D eigenvalue weighted by molar-refractivity contribution is 6.10. The van der Waals surface area contributed by atoms with Gasteiger partial charge in [-0.25, -0.2) is 0 Å². The summed E-state index contributed by atoms with van der Waals surface area (Å²) in [5, 5.41) is 0. The molecule has 0 aliphatic rings. The summed E-state index contributed by atoms with van der Waals surface area (Å²) in [4.78, 5) is 26.8. The number of anilines is 1. The van der Waals surface area contributed by atoms with Gasteiger partial charge in [0, 0.05) is 19.8 Å². The van der Waals surface area contributed by atoms with E-state index in [-0.39, 0.29) is 12.4 Å². The summed E-state index contributed by atoms with van der Waals surface area (Å²) in [6.07, 6.45) is 4.12. The van der Waals surface area contributed by atoms with Gasteiger partial charge in [0.15, 0.2) is 5.78 Å². The minimum atomic E-state index is -1.07. The molecule has 0 spiro atoms. The maximum atomic E-state index is 12.6. The smallest absolute Gasteiger partial charge is 0.319 e. The largest absolute Gasteiger partial charge is 0.465 e. The van der Waals surface area contributed by atoms with E-state index in [1.54, 1.807) is 13.0 Å². The van der Waals surface area contributed by atoms with Crippen molar-refractivity contribution in [3.63, 3.8) is 0 Å². The van der Waals surface area contributed by atoms with Crippen molar-refractivity contribution in [1.29, 1.82) is 0 Å². The van der Waals surface area contributed by atoms with Crippen molar-refractivity contribution >= 4 is 23.5 Å². The second-order valence-electron chi connectivity index (χ2n) is 5.69. The Labute approximate surface area is 139 Å². The summed E-state index contributed by atoms with van der Waals surface area (Å²) in [6.45, 7) is 5.72. The molecule has 23 heavy (non-hydrogen) atoms. The number of ketones is 1. The van der Waals surface area contributed by atoms with Gasteiger partial charge in [0.1, 0.15) is 5.41 Å². The fraction of sp³-hybridized carbons (Fsp3) is 0.474. The molecule has 0 heterocycles. The first-order valence-electron chi connectivity index (χ1n) is 8.08. The third kappa shape index (κ3) is 4.44. The molecule has 0 radical (unpaired) electrons. The number of benzene rings is 1. The number of nitrogens with zero attached hydrogens (tertiary/aromatic N) is 1. The molecule has 0 unspecified atom stereocenters. The van der Waals surface area contributed by atoms with Crippen molar-refractivity contribution in [2.24, 2.45) is 5.41 Å². The molecule has 1 aromatic carbocycles. The molecule has 1 aromatic rings. The molecule has 0 fully saturated rings. The molecular formula is C19H27NO3. The molecule has 0 aromatic heterocycles. The molecule has 0 atom stereocenters. The van der Waals surface area contributed by atoms with Crippen LogP contribution in [0.15, 0.2) is 30.3 Å². The number of carbonyl (C=O) groups excluding carboxylic acids is 2. The van der Waals surface area contributed by atoms with E-state index in [0.717, 1.165) is 11.3 Å². The zero-order valence-electron chi connectivity index (χ0n) is 14.8. The molecule has 0 saturated heterocycles. The first-order chi connectivity index (χ1) is 10.9. The third-order valence-corrected chi connectivity index (χ3v) is 4.18. The first kappa shape index (κ1) is 18.9. The van der Waals surface area contributed by atoms with Gasteiger partial charge in [-0.15, -0.1) is 0 Å². The Morgan fingerprint density at radius 3 is 2.09 bits per heavy atom. The number of rotatable bonds is 8. The van der Waals surface area contributed by atoms with Crippen molar-refractivity contribution in [3.05, 3.63) is 35.9 Å². The highest BCUT2D eigenvalue weighted by Crippen LogP contribution is 2.30. The van der Waals surface area contributed by atoms with Crippen LogP contribution < -0.4 is 4.90 Å². The van der Waals surface area contributed by atoms with Crippen LogP contribution in [0.2, 0.25) is 0 Å². The first-order valence-corrected chi connectivity index (χ1v) is 8.08. The average molecular weight is 317 g/mol. The lowest BCUT2D eigenvalue weighted by atomic mass is 9.78. The molecule has 0 aliphatic heterocycles. The van der Waals surface area contributed by atoms with Gasteiger partial charge in [-0.3, -0.25) is 9.59 Å². The summed E-state index contributed by atoms with van der Waals surface area (Å²) in [5.41, 5.74) is 0.946. The zero-order chi connectivity index (χ0) is 17.5. The monoisotopic (exact) mass is 317 g/mol. The van der Waals surface area contributed by atoms with Gasteiger partial charge in [-0.05, 0) is 43.5 Å². The van der Waals surface area contributed by atoms with Crippen molar-refractivity contribution in [2.45, 2.75) is 33.6 Å². The summed E-state index contributed by atoms with van der Waals surface area (Å²) in [7, 11) is 3.95. The van der Waals surface area contributed by atoms with Gasteiger partial charge < -0.3 is 9.64 Å². The second-order valence-corrected chi connectivity index (χ2v) is 5.69. The molecule has 126 valence electrons. The number of esters is 1. The molecule has 0 bridgehead atoms. The van der Waals surface area contributed by atoms with Gasteiger partial charge in [0.2, 0.25) is 0 Å². The van der Waals surface area contributed by atoms with E-state index in [9.17, 15) is 9.59 Å². The van der Waals surface area contributed by atoms with Crippen molar-refractivity contribution < 1.29 is 14.3 Å². The second kappa shape index (κ2) is 8.51. The van der Waals surface area contributed by atoms with Crippen LogP contribution in [0.1, 0.15) is 39.2 Å². The summed E-state index contributed by atoms with van der Waals surface area (Å²) < 4.78 is 5.11. The molecule has 0 amide bonds. The van der Waals surface area contributed by atoms with E-state index in [1.165, 1.54) is 6.08 Å². The Balaban J connectivity index is 2.95. The normalized spacial score (nSPS) is 11.5. The Kier molecular flexibility index (Phi) is 7.01. The van der Waals surface area contributed by atoms with Crippen LogP contribution in [0.3, 0.4) is 0 Å². The molecule has 1 rings (SSSR count). The van der Waals surface area contributed by atoms with Gasteiger partial charge in [-0.2, -0.15) is 0 Å². The number of allylic oxidation sites excluding steroid dienone is 1. The number of hydrogen-bond donors (Lipinski definition) is 0. The molecule has 0 N–H and O–H groups in total. The van der Waals surface area contributed by atoms with Crippen LogP contribution in [0.5, 0.6) is 0 Å². The molecule has 0 saturated carbocycles. The van der Waals surface area contributed by atoms with Crippen molar-refractivity contribution in [3.8, 4) is 0 Å². The van der Waals surface area contributed by atoms with Crippen molar-refractivity contribution in [2.75, 3.05) is 25.6 Å². The summed E-state index contributed by atoms with van der Waals surface area (Å²) >= 11 is 0. The Hall–Kier alpha value is -2.10. The van der Waals surface area contributed by atoms with Crippen LogP contribution >= 0.6 is 0 Å². The maximum Gasteiger partial charge on any atom is 0.319 e. The zero-order valence-corrected chi connectivity index (χ0v) is 14.8. The predicted molar refractivity (Wildman–Crippen MR) is 94.5 cm³/mol. The van der Waals surface area contributed by atoms with E-state index in [0.29, 0.717) is 12.8 Å². The molecule has 0 aliphatic carbocycles. The summed E-state index contributed by atoms with van der Waals surface area (Å²) in [6, 6.07) is 7.87. The van der Waals surface area contributed by atoms with Gasteiger partial charge in [0.25, 0.3) is 0 Å². The lowest BCUT2D eigenvalue weighted by Gasteiger charge is -2.26. The topological polar surface area (TPSA) is 46.6 Å². The van der Waals surface area contributed by atoms with E-state index in [1.807, 2.05) is 57.1 Å². The number of hydrogen-bond acceptors (Lipinski definition) is 4. The van der Waals surface area contributed by atoms with Gasteiger partial charge in [-0.1, -0.05) is 32.1 Å². The van der Waals surface area contributed by atoms with Crippen molar-refractivity contribution in [1.82, 2.24) is 0 Å². The van der Waals surface area contributed by atoms with Gasteiger partial charge >= 0.3 is 5.97 Å². The predicted octanol–water partition coefficient (Wildman–Crippen LogP) is 3.70. The fourth-order valence-corrected chi connectivity index (χ4v) is 2.47. The van der Waals surface area contributed by atoms with Crippen LogP contribution in [-0.2, 0) is 14.3 Å². The Morgan fingerprint density at radius 2 is 1.65 bits per heavy atom. The lowest BCUT2D eigenvalue weighted by molar-refractivity contribution is -0.159. The van der Waals surface area contributed by atoms with E-state index < -0.39 is 11.4 Å². The Bertz CT molecular complexity index is 554. The van der Waals surface area contributed by atoms with E-state index >= 15 is 0 Å². The SMILES string of the molecule is CCOC(=O)C(CC)(CC)C(=O)/C=C\c1ccc(N(C)C)cc1. The van der Waals surface area contributed by atoms with E-state index in [2.05, 4.69) is 0 Å². The van der Waals surface area contributed by atoms with Gasteiger partial charge in [0.05, 0.1) is 6.61 Å². The molecule has 4 nitrogen and oxygen atoms in total. The molecule has 4 heteroatoms. The highest BCUT2D eigenvalue weighted by atomic mass is 16.5. The minimum absolute atomic E-state index is 0.197. The van der Waals surface area contributed by atoms with Crippen LogP contribution in [-0.4, -0.2) is 32.5 Å². The third-order valence-electron chi connectivity index (χ3n) is 4.18. The van der Waals surface area contributed by atoms with Crippen LogP contribution in [0.25, 0.3) is 6.08 Å². The fourth-order valence-electron chi connectivity index (χ4n) is 2.47. The Morgan fingerprint density at radius 1 is 1.09 bits per heavy atom. The maximum absolute atomic E-state index is 12.6. The minimum Gasteiger partial charge on any atom is -0.465 e. The highest BCUT2D eigenvalue weighted by Gasteiger charge is 2.42. The number of carbonyl (C=O) groups is 2. The molecular weight excluding hydrogens is 290 g/mol. The van der Waals surface area contributed by atoms with Crippen LogP contribution in [0.4, 0.5) is 5.69 Å². The standard InChI is InChI=1S/C19H27NO3/c1-6-19(7-2,18(22)23-8-3)17(21)14-11-15-9-12-16(13-10-15)20(4)5/h9-14H,6-8H2,1-5H3/b14-11-. The number of ether oxygens (including phenoxy) is 1.